The molecule has 1 aromatic rings. The fourth-order valence-corrected chi connectivity index (χ4v) is 1.83. The van der Waals surface area contributed by atoms with E-state index < -0.39 is 6.61 Å². The van der Waals surface area contributed by atoms with Crippen molar-refractivity contribution in [1.29, 1.82) is 0 Å². The molecule has 0 aliphatic carbocycles. The standard InChI is InChI=1S/C16H21F2NO2/c1-3-5-6-7-10-19-12-13-8-9-14(21-16(17)18)15(11-13)20-4-2/h1,8-9,11,16,19H,4-7,10,12H2,2H3. The first-order valence-corrected chi connectivity index (χ1v) is 7.02. The number of alkyl halides is 2. The van der Waals surface area contributed by atoms with Gasteiger partial charge in [-0.15, -0.1) is 12.3 Å². The van der Waals surface area contributed by atoms with Crippen LogP contribution in [0, 0.1) is 12.3 Å². The molecule has 0 bridgehead atoms. The highest BCUT2D eigenvalue weighted by molar-refractivity contribution is 5.43. The van der Waals surface area contributed by atoms with Crippen molar-refractivity contribution >= 4 is 0 Å². The van der Waals surface area contributed by atoms with E-state index in [0.29, 0.717) is 18.9 Å². The number of nitrogens with one attached hydrogen (secondary N) is 1. The van der Waals surface area contributed by atoms with Crippen LogP contribution in [0.4, 0.5) is 8.78 Å². The van der Waals surface area contributed by atoms with E-state index in [-0.39, 0.29) is 5.75 Å². The first-order chi connectivity index (χ1) is 10.2. The highest BCUT2D eigenvalue weighted by Gasteiger charge is 2.11. The first-order valence-electron chi connectivity index (χ1n) is 7.02. The zero-order valence-electron chi connectivity index (χ0n) is 12.2. The van der Waals surface area contributed by atoms with Gasteiger partial charge in [0.1, 0.15) is 0 Å². The molecule has 0 fully saturated rings. The largest absolute Gasteiger partial charge is 0.490 e. The van der Waals surface area contributed by atoms with E-state index in [9.17, 15) is 8.78 Å². The Morgan fingerprint density at radius 1 is 1.29 bits per heavy atom. The summed E-state index contributed by atoms with van der Waals surface area (Å²) >= 11 is 0. The van der Waals surface area contributed by atoms with Crippen LogP contribution >= 0.6 is 0 Å². The highest BCUT2D eigenvalue weighted by Crippen LogP contribution is 2.29. The Balaban J connectivity index is 2.51. The summed E-state index contributed by atoms with van der Waals surface area (Å²) in [7, 11) is 0. The summed E-state index contributed by atoms with van der Waals surface area (Å²) in [6.07, 6.45) is 7.97. The van der Waals surface area contributed by atoms with Crippen LogP contribution in [0.15, 0.2) is 18.2 Å². The molecule has 1 rings (SSSR count). The van der Waals surface area contributed by atoms with Gasteiger partial charge in [-0.25, -0.2) is 0 Å². The molecule has 116 valence electrons. The van der Waals surface area contributed by atoms with Crippen LogP contribution in [-0.2, 0) is 6.54 Å². The number of benzene rings is 1. The molecular formula is C16H21F2NO2. The summed E-state index contributed by atoms with van der Waals surface area (Å²) in [6.45, 7) is 0.835. The second kappa shape index (κ2) is 10.0. The van der Waals surface area contributed by atoms with Gasteiger partial charge in [0.2, 0.25) is 0 Å². The molecule has 1 aromatic carbocycles. The Morgan fingerprint density at radius 3 is 2.76 bits per heavy atom. The Labute approximate surface area is 124 Å². The lowest BCUT2D eigenvalue weighted by Gasteiger charge is -2.13. The maximum absolute atomic E-state index is 12.3. The van der Waals surface area contributed by atoms with Crippen LogP contribution < -0.4 is 14.8 Å². The molecule has 0 saturated heterocycles. The predicted molar refractivity (Wildman–Crippen MR) is 78.6 cm³/mol. The topological polar surface area (TPSA) is 30.5 Å². The highest BCUT2D eigenvalue weighted by atomic mass is 19.3. The number of hydrogen-bond acceptors (Lipinski definition) is 3. The average Bonchev–Trinajstić information content (AvgIpc) is 2.45. The van der Waals surface area contributed by atoms with Crippen molar-refractivity contribution in [2.45, 2.75) is 39.3 Å². The quantitative estimate of drug-likeness (QED) is 0.529. The minimum atomic E-state index is -2.86. The lowest BCUT2D eigenvalue weighted by molar-refractivity contribution is -0.0514. The van der Waals surface area contributed by atoms with Gasteiger partial charge in [-0.2, -0.15) is 8.78 Å². The molecular weight excluding hydrogens is 276 g/mol. The monoisotopic (exact) mass is 297 g/mol. The molecule has 0 saturated carbocycles. The van der Waals surface area contributed by atoms with E-state index in [2.05, 4.69) is 16.0 Å². The molecule has 0 heterocycles. The molecule has 1 N–H and O–H groups in total. The van der Waals surface area contributed by atoms with Gasteiger partial charge in [0, 0.05) is 13.0 Å². The van der Waals surface area contributed by atoms with Gasteiger partial charge in [0.25, 0.3) is 0 Å². The van der Waals surface area contributed by atoms with Crippen LogP contribution in [-0.4, -0.2) is 19.8 Å². The summed E-state index contributed by atoms with van der Waals surface area (Å²) in [5.41, 5.74) is 0.956. The van der Waals surface area contributed by atoms with Crippen molar-refractivity contribution in [3.63, 3.8) is 0 Å². The third-order valence-electron chi connectivity index (χ3n) is 2.78. The minimum Gasteiger partial charge on any atom is -0.490 e. The Hall–Kier alpha value is -1.80. The molecule has 5 heteroatoms. The zero-order valence-corrected chi connectivity index (χ0v) is 12.2. The number of terminal acetylenes is 1. The van der Waals surface area contributed by atoms with Gasteiger partial charge in [-0.1, -0.05) is 6.07 Å². The number of ether oxygens (including phenoxy) is 2. The molecule has 0 radical (unpaired) electrons. The fraction of sp³-hybridized carbons (Fsp3) is 0.500. The molecule has 0 spiro atoms. The average molecular weight is 297 g/mol. The lowest BCUT2D eigenvalue weighted by atomic mass is 10.2. The molecule has 21 heavy (non-hydrogen) atoms. The maximum Gasteiger partial charge on any atom is 0.387 e. The maximum atomic E-state index is 12.3. The second-order valence-electron chi connectivity index (χ2n) is 4.43. The summed E-state index contributed by atoms with van der Waals surface area (Å²) in [6, 6.07) is 4.97. The van der Waals surface area contributed by atoms with Gasteiger partial charge in [0.05, 0.1) is 6.61 Å². The van der Waals surface area contributed by atoms with Crippen molar-refractivity contribution in [1.82, 2.24) is 5.32 Å². The van der Waals surface area contributed by atoms with Gasteiger partial charge in [-0.05, 0) is 44.0 Å². The van der Waals surface area contributed by atoms with Crippen LogP contribution in [0.2, 0.25) is 0 Å². The zero-order chi connectivity index (χ0) is 15.5. The fourth-order valence-electron chi connectivity index (χ4n) is 1.83. The lowest BCUT2D eigenvalue weighted by Crippen LogP contribution is -2.15. The molecule has 0 aromatic heterocycles. The van der Waals surface area contributed by atoms with Crippen molar-refractivity contribution in [3.8, 4) is 23.8 Å². The van der Waals surface area contributed by atoms with Gasteiger partial charge in [0.15, 0.2) is 11.5 Å². The van der Waals surface area contributed by atoms with Gasteiger partial charge >= 0.3 is 6.61 Å². The number of rotatable bonds is 10. The van der Waals surface area contributed by atoms with Crippen molar-refractivity contribution < 1.29 is 18.3 Å². The van der Waals surface area contributed by atoms with Crippen LogP contribution in [0.5, 0.6) is 11.5 Å². The Kier molecular flexibility index (Phi) is 8.22. The van der Waals surface area contributed by atoms with Crippen molar-refractivity contribution in [2.24, 2.45) is 0 Å². The van der Waals surface area contributed by atoms with E-state index in [1.54, 1.807) is 19.1 Å². The van der Waals surface area contributed by atoms with E-state index in [0.717, 1.165) is 31.4 Å². The summed E-state index contributed by atoms with van der Waals surface area (Å²) in [4.78, 5) is 0. The number of unbranched alkanes of at least 4 members (excludes halogenated alkanes) is 2. The number of halogens is 2. The van der Waals surface area contributed by atoms with E-state index in [1.165, 1.54) is 6.07 Å². The van der Waals surface area contributed by atoms with Crippen LogP contribution in [0.1, 0.15) is 31.7 Å². The van der Waals surface area contributed by atoms with E-state index in [1.807, 2.05) is 0 Å². The first kappa shape index (κ1) is 17.3. The molecule has 3 nitrogen and oxygen atoms in total. The smallest absolute Gasteiger partial charge is 0.387 e. The Bertz CT molecular complexity index is 458. The van der Waals surface area contributed by atoms with Gasteiger partial charge in [-0.3, -0.25) is 0 Å². The molecule has 0 amide bonds. The number of hydrogen-bond donors (Lipinski definition) is 1. The third kappa shape index (κ3) is 6.96. The molecule has 0 aliphatic rings. The van der Waals surface area contributed by atoms with Crippen LogP contribution in [0.25, 0.3) is 0 Å². The third-order valence-corrected chi connectivity index (χ3v) is 2.78. The normalized spacial score (nSPS) is 10.4. The summed E-state index contributed by atoms with van der Waals surface area (Å²) in [5.74, 6) is 3.00. The van der Waals surface area contributed by atoms with E-state index in [4.69, 9.17) is 11.2 Å². The van der Waals surface area contributed by atoms with Crippen molar-refractivity contribution in [3.05, 3.63) is 23.8 Å². The summed E-state index contributed by atoms with van der Waals surface area (Å²) < 4.78 is 34.3. The van der Waals surface area contributed by atoms with Crippen LogP contribution in [0.3, 0.4) is 0 Å². The van der Waals surface area contributed by atoms with Crippen molar-refractivity contribution in [2.75, 3.05) is 13.2 Å². The predicted octanol–water partition coefficient (Wildman–Crippen LogP) is 3.58. The summed E-state index contributed by atoms with van der Waals surface area (Å²) in [5, 5.41) is 3.28. The minimum absolute atomic E-state index is 0.0598. The molecule has 0 unspecified atom stereocenters. The molecule has 0 atom stereocenters. The molecule has 0 aliphatic heterocycles. The van der Waals surface area contributed by atoms with Gasteiger partial charge < -0.3 is 14.8 Å². The SMILES string of the molecule is C#CCCCCNCc1ccc(OC(F)F)c(OCC)c1. The second-order valence-corrected chi connectivity index (χ2v) is 4.43. The Morgan fingerprint density at radius 2 is 2.10 bits per heavy atom. The van der Waals surface area contributed by atoms with E-state index >= 15 is 0 Å².